The van der Waals surface area contributed by atoms with Crippen LogP contribution in [-0.4, -0.2) is 62.9 Å². The molecule has 1 fully saturated rings. The molecule has 2 aliphatic heterocycles. The molecule has 1 amide bonds. The number of phenolic OH excluding ortho intramolecular Hbond substituents is 1. The van der Waals surface area contributed by atoms with Crippen LogP contribution in [0.15, 0.2) is 59.5 Å². The van der Waals surface area contributed by atoms with Gasteiger partial charge in [0.25, 0.3) is 5.91 Å². The van der Waals surface area contributed by atoms with Crippen LogP contribution in [0.3, 0.4) is 0 Å². The highest BCUT2D eigenvalue weighted by atomic mass is 32.2. The number of aromatic hydroxyl groups is 1. The Morgan fingerprint density at radius 3 is 2.65 bits per heavy atom. The normalized spacial score (nSPS) is 18.0. The Labute approximate surface area is 216 Å². The summed E-state index contributed by atoms with van der Waals surface area (Å²) in [5.74, 6) is -0.457. The summed E-state index contributed by atoms with van der Waals surface area (Å²) < 4.78 is 32.8. The van der Waals surface area contributed by atoms with Gasteiger partial charge in [-0.25, -0.2) is 8.42 Å². The molecule has 9 heteroatoms. The molecule has 2 heterocycles. The lowest BCUT2D eigenvalue weighted by atomic mass is 9.89. The molecule has 1 N–H and O–H groups in total. The van der Waals surface area contributed by atoms with E-state index in [9.17, 15) is 23.1 Å². The van der Waals surface area contributed by atoms with Crippen molar-refractivity contribution < 1.29 is 27.9 Å². The molecule has 0 spiro atoms. The molecule has 0 aliphatic carbocycles. The number of nitrogens with zero attached hydrogens (tertiary/aromatic N) is 2. The largest absolute Gasteiger partial charge is 0.508 e. The quantitative estimate of drug-likeness (QED) is 0.429. The van der Waals surface area contributed by atoms with Gasteiger partial charge in [0.2, 0.25) is 10.0 Å². The number of amides is 1. The Kier molecular flexibility index (Phi) is 7.02. The first kappa shape index (κ1) is 25.4. The van der Waals surface area contributed by atoms with Crippen molar-refractivity contribution in [2.45, 2.75) is 30.6 Å². The zero-order valence-electron chi connectivity index (χ0n) is 20.7. The zero-order chi connectivity index (χ0) is 26.2. The van der Waals surface area contributed by atoms with E-state index in [-0.39, 0.29) is 35.3 Å². The monoisotopic (exact) mass is 522 g/mol. The van der Waals surface area contributed by atoms with Crippen molar-refractivity contribution >= 4 is 38.2 Å². The maximum Gasteiger partial charge on any atom is 0.258 e. The highest BCUT2D eigenvalue weighted by Gasteiger charge is 2.34. The zero-order valence-corrected chi connectivity index (χ0v) is 21.5. The number of anilines is 1. The number of rotatable bonds is 9. The average molecular weight is 523 g/mol. The Bertz CT molecular complexity index is 1450. The van der Waals surface area contributed by atoms with Crippen LogP contribution in [0.1, 0.15) is 35.2 Å². The van der Waals surface area contributed by atoms with Gasteiger partial charge in [0.15, 0.2) is 0 Å². The molecule has 3 aromatic carbocycles. The molecular formula is C28H30N2O6S. The molecule has 1 saturated heterocycles. The summed E-state index contributed by atoms with van der Waals surface area (Å²) in [6, 6.07) is 14.9. The lowest BCUT2D eigenvalue weighted by molar-refractivity contribution is -0.123. The SMILES string of the molecule is COCCCN1C(=O)c2cccc3c(CC(=O)C4CCCN(S(=O)(=O)c5ccc(O)cc5)C4)ccc1c23. The van der Waals surface area contributed by atoms with Gasteiger partial charge in [-0.1, -0.05) is 18.2 Å². The number of carbonyl (C=O) groups excluding carboxylic acids is 2. The number of ether oxygens (including phenoxy) is 1. The van der Waals surface area contributed by atoms with Gasteiger partial charge in [-0.15, -0.1) is 0 Å². The van der Waals surface area contributed by atoms with Gasteiger partial charge in [-0.05, 0) is 66.6 Å². The minimum Gasteiger partial charge on any atom is -0.508 e. The summed E-state index contributed by atoms with van der Waals surface area (Å²) in [5, 5.41) is 11.3. The third kappa shape index (κ3) is 4.74. The van der Waals surface area contributed by atoms with E-state index in [0.29, 0.717) is 38.1 Å². The van der Waals surface area contributed by atoms with Crippen molar-refractivity contribution in [3.8, 4) is 5.75 Å². The van der Waals surface area contributed by atoms with Gasteiger partial charge in [0.05, 0.1) is 10.6 Å². The first-order valence-electron chi connectivity index (χ1n) is 12.5. The number of Topliss-reactive ketones (excluding diaryl/α,β-unsaturated/α-hetero) is 1. The van der Waals surface area contributed by atoms with Crippen molar-refractivity contribution in [2.24, 2.45) is 5.92 Å². The Morgan fingerprint density at radius 1 is 1.11 bits per heavy atom. The van der Waals surface area contributed by atoms with Crippen LogP contribution in [-0.2, 0) is 26.0 Å². The van der Waals surface area contributed by atoms with Gasteiger partial charge < -0.3 is 14.7 Å². The summed E-state index contributed by atoms with van der Waals surface area (Å²) >= 11 is 0. The van der Waals surface area contributed by atoms with E-state index in [1.54, 1.807) is 12.0 Å². The third-order valence-corrected chi connectivity index (χ3v) is 9.16. The summed E-state index contributed by atoms with van der Waals surface area (Å²) in [7, 11) is -2.12. The number of phenols is 1. The average Bonchev–Trinajstić information content (AvgIpc) is 3.18. The fraction of sp³-hybridized carbons (Fsp3) is 0.357. The highest BCUT2D eigenvalue weighted by Crippen LogP contribution is 2.39. The summed E-state index contributed by atoms with van der Waals surface area (Å²) in [6.07, 6.45) is 2.13. The lowest BCUT2D eigenvalue weighted by Gasteiger charge is -2.31. The molecule has 1 atom stereocenters. The second kappa shape index (κ2) is 10.2. The summed E-state index contributed by atoms with van der Waals surface area (Å²) in [6.45, 7) is 1.61. The van der Waals surface area contributed by atoms with Crippen molar-refractivity contribution in [1.29, 1.82) is 0 Å². The fourth-order valence-corrected chi connectivity index (χ4v) is 6.90. The fourth-order valence-electron chi connectivity index (χ4n) is 5.37. The molecule has 0 aromatic heterocycles. The number of carbonyl (C=O) groups is 2. The molecule has 3 aromatic rings. The molecule has 2 aliphatic rings. The second-order valence-electron chi connectivity index (χ2n) is 9.61. The number of hydrogen-bond acceptors (Lipinski definition) is 6. The molecule has 0 saturated carbocycles. The van der Waals surface area contributed by atoms with E-state index in [1.165, 1.54) is 28.6 Å². The highest BCUT2D eigenvalue weighted by molar-refractivity contribution is 7.89. The van der Waals surface area contributed by atoms with E-state index in [0.717, 1.165) is 28.4 Å². The van der Waals surface area contributed by atoms with Gasteiger partial charge >= 0.3 is 0 Å². The number of methoxy groups -OCH3 is 1. The summed E-state index contributed by atoms with van der Waals surface area (Å²) in [4.78, 5) is 28.3. The Hall–Kier alpha value is -3.27. The predicted molar refractivity (Wildman–Crippen MR) is 140 cm³/mol. The van der Waals surface area contributed by atoms with Crippen LogP contribution in [0, 0.1) is 5.92 Å². The molecule has 194 valence electrons. The van der Waals surface area contributed by atoms with Crippen molar-refractivity contribution in [2.75, 3.05) is 38.3 Å². The number of ketones is 1. The molecule has 5 rings (SSSR count). The predicted octanol–water partition coefficient (Wildman–Crippen LogP) is 3.75. The van der Waals surface area contributed by atoms with Crippen LogP contribution in [0.4, 0.5) is 5.69 Å². The van der Waals surface area contributed by atoms with Crippen molar-refractivity contribution in [3.05, 3.63) is 65.7 Å². The van der Waals surface area contributed by atoms with Crippen LogP contribution in [0.5, 0.6) is 5.75 Å². The lowest BCUT2D eigenvalue weighted by Crippen LogP contribution is -2.42. The molecule has 0 bridgehead atoms. The number of sulfonamides is 1. The summed E-state index contributed by atoms with van der Waals surface area (Å²) in [5.41, 5.74) is 2.34. The molecular weight excluding hydrogens is 492 g/mol. The number of hydrogen-bond donors (Lipinski definition) is 1. The van der Waals surface area contributed by atoms with Crippen LogP contribution >= 0.6 is 0 Å². The van der Waals surface area contributed by atoms with Crippen molar-refractivity contribution in [3.63, 3.8) is 0 Å². The maximum absolute atomic E-state index is 13.4. The van der Waals surface area contributed by atoms with E-state index in [1.807, 2.05) is 30.3 Å². The maximum atomic E-state index is 13.4. The standard InChI is InChI=1S/C28H30N2O6S/c1-36-16-4-15-30-25-13-8-19(23-6-2-7-24(27(23)25)28(30)33)17-26(32)20-5-3-14-29(18-20)37(34,35)22-11-9-21(31)10-12-22/h2,6-13,20,31H,3-5,14-18H2,1H3. The molecule has 0 radical (unpaired) electrons. The minimum absolute atomic E-state index is 0.00388. The molecule has 8 nitrogen and oxygen atoms in total. The number of benzene rings is 3. The van der Waals surface area contributed by atoms with Crippen molar-refractivity contribution in [1.82, 2.24) is 4.31 Å². The van der Waals surface area contributed by atoms with E-state index < -0.39 is 15.9 Å². The minimum atomic E-state index is -3.76. The third-order valence-electron chi connectivity index (χ3n) is 7.28. The van der Waals surface area contributed by atoms with Gasteiger partial charge in [0, 0.05) is 56.6 Å². The smallest absolute Gasteiger partial charge is 0.258 e. The van der Waals surface area contributed by atoms with E-state index >= 15 is 0 Å². The molecule has 1 unspecified atom stereocenters. The second-order valence-corrected chi connectivity index (χ2v) is 11.6. The van der Waals surface area contributed by atoms with Gasteiger partial charge in [-0.2, -0.15) is 4.31 Å². The number of piperidine rings is 1. The van der Waals surface area contributed by atoms with E-state index in [2.05, 4.69) is 0 Å². The first-order valence-corrected chi connectivity index (χ1v) is 13.9. The first-order chi connectivity index (χ1) is 17.8. The van der Waals surface area contributed by atoms with Crippen LogP contribution < -0.4 is 4.90 Å². The topological polar surface area (TPSA) is 104 Å². The Morgan fingerprint density at radius 2 is 1.89 bits per heavy atom. The Balaban J connectivity index is 1.36. The van der Waals surface area contributed by atoms with Gasteiger partial charge in [-0.3, -0.25) is 9.59 Å². The van der Waals surface area contributed by atoms with Gasteiger partial charge in [0.1, 0.15) is 11.5 Å². The van der Waals surface area contributed by atoms with Crippen LogP contribution in [0.2, 0.25) is 0 Å². The molecule has 37 heavy (non-hydrogen) atoms. The van der Waals surface area contributed by atoms with Crippen LogP contribution in [0.25, 0.3) is 10.8 Å². The van der Waals surface area contributed by atoms with E-state index in [4.69, 9.17) is 4.74 Å².